The summed E-state index contributed by atoms with van der Waals surface area (Å²) in [5.41, 5.74) is 1.03. The van der Waals surface area contributed by atoms with Crippen molar-refractivity contribution >= 4 is 5.91 Å². The number of ether oxygens (including phenoxy) is 1. The molecule has 3 rings (SSSR count). The molecule has 1 amide bonds. The molecule has 1 aliphatic heterocycles. The van der Waals surface area contributed by atoms with Crippen molar-refractivity contribution in [3.8, 4) is 0 Å². The van der Waals surface area contributed by atoms with E-state index < -0.39 is 0 Å². The van der Waals surface area contributed by atoms with E-state index in [1.54, 1.807) is 7.11 Å². The Hall–Kier alpha value is -1.35. The molecule has 3 nitrogen and oxygen atoms in total. The SMILES string of the molecule is COC1CCCC(C2(C)CCN(Cc3ccccc3)C2=O)C1. The summed E-state index contributed by atoms with van der Waals surface area (Å²) in [5.74, 6) is 0.817. The highest BCUT2D eigenvalue weighted by Gasteiger charge is 2.49. The third-order valence-corrected chi connectivity index (χ3v) is 5.75. The van der Waals surface area contributed by atoms with Crippen molar-refractivity contribution in [1.29, 1.82) is 0 Å². The van der Waals surface area contributed by atoms with E-state index in [0.717, 1.165) is 32.4 Å². The largest absolute Gasteiger partial charge is 0.381 e. The predicted molar refractivity (Wildman–Crippen MR) is 87.3 cm³/mol. The molecule has 1 aliphatic carbocycles. The Bertz CT molecular complexity index is 515. The van der Waals surface area contributed by atoms with E-state index in [-0.39, 0.29) is 5.41 Å². The number of hydrogen-bond acceptors (Lipinski definition) is 2. The molecule has 0 spiro atoms. The molecule has 120 valence electrons. The van der Waals surface area contributed by atoms with E-state index in [4.69, 9.17) is 4.74 Å². The predicted octanol–water partition coefficient (Wildman–Crippen LogP) is 3.63. The number of carbonyl (C=O) groups excluding carboxylic acids is 1. The van der Waals surface area contributed by atoms with E-state index in [9.17, 15) is 4.79 Å². The van der Waals surface area contributed by atoms with Crippen LogP contribution < -0.4 is 0 Å². The Morgan fingerprint density at radius 1 is 1.27 bits per heavy atom. The van der Waals surface area contributed by atoms with Gasteiger partial charge in [-0.1, -0.05) is 43.7 Å². The number of benzene rings is 1. The van der Waals surface area contributed by atoms with Gasteiger partial charge in [0.25, 0.3) is 0 Å². The first-order valence-electron chi connectivity index (χ1n) is 8.49. The smallest absolute Gasteiger partial charge is 0.229 e. The second-order valence-electron chi connectivity index (χ2n) is 7.10. The van der Waals surface area contributed by atoms with Gasteiger partial charge in [-0.3, -0.25) is 4.79 Å². The van der Waals surface area contributed by atoms with Crippen molar-refractivity contribution in [3.05, 3.63) is 35.9 Å². The molecular weight excluding hydrogens is 274 g/mol. The number of nitrogens with zero attached hydrogens (tertiary/aromatic N) is 1. The lowest BCUT2D eigenvalue weighted by Gasteiger charge is -2.38. The Kier molecular flexibility index (Phi) is 4.53. The van der Waals surface area contributed by atoms with Gasteiger partial charge in [0.2, 0.25) is 5.91 Å². The number of rotatable bonds is 4. The third kappa shape index (κ3) is 2.91. The highest BCUT2D eigenvalue weighted by molar-refractivity contribution is 5.84. The van der Waals surface area contributed by atoms with Crippen LogP contribution >= 0.6 is 0 Å². The Morgan fingerprint density at radius 3 is 2.77 bits per heavy atom. The summed E-state index contributed by atoms with van der Waals surface area (Å²) >= 11 is 0. The molecule has 0 radical (unpaired) electrons. The van der Waals surface area contributed by atoms with E-state index >= 15 is 0 Å². The average Bonchev–Trinajstić information content (AvgIpc) is 2.85. The van der Waals surface area contributed by atoms with Crippen molar-refractivity contribution in [2.45, 2.75) is 51.7 Å². The fraction of sp³-hybridized carbons (Fsp3) is 0.632. The van der Waals surface area contributed by atoms with Crippen LogP contribution in [-0.4, -0.2) is 30.6 Å². The van der Waals surface area contributed by atoms with Crippen molar-refractivity contribution in [2.75, 3.05) is 13.7 Å². The minimum Gasteiger partial charge on any atom is -0.381 e. The van der Waals surface area contributed by atoms with Crippen LogP contribution in [0.2, 0.25) is 0 Å². The summed E-state index contributed by atoms with van der Waals surface area (Å²) in [6.07, 6.45) is 5.86. The second-order valence-corrected chi connectivity index (χ2v) is 7.10. The van der Waals surface area contributed by atoms with Gasteiger partial charge in [0.05, 0.1) is 11.5 Å². The first kappa shape index (κ1) is 15.5. The zero-order chi connectivity index (χ0) is 15.6. The maximum Gasteiger partial charge on any atom is 0.229 e. The van der Waals surface area contributed by atoms with Crippen LogP contribution in [0.3, 0.4) is 0 Å². The second kappa shape index (κ2) is 6.41. The summed E-state index contributed by atoms with van der Waals surface area (Å²) in [6, 6.07) is 10.3. The van der Waals surface area contributed by atoms with Crippen LogP contribution in [0.15, 0.2) is 30.3 Å². The van der Waals surface area contributed by atoms with Gasteiger partial charge >= 0.3 is 0 Å². The fourth-order valence-electron chi connectivity index (χ4n) is 4.21. The molecule has 1 heterocycles. The van der Waals surface area contributed by atoms with Gasteiger partial charge in [-0.05, 0) is 37.2 Å². The molecule has 3 atom stereocenters. The van der Waals surface area contributed by atoms with E-state index in [1.807, 2.05) is 23.1 Å². The van der Waals surface area contributed by atoms with Crippen molar-refractivity contribution in [3.63, 3.8) is 0 Å². The number of likely N-dealkylation sites (tertiary alicyclic amines) is 1. The summed E-state index contributed by atoms with van der Waals surface area (Å²) in [6.45, 7) is 3.82. The summed E-state index contributed by atoms with van der Waals surface area (Å²) < 4.78 is 5.56. The minimum atomic E-state index is -0.189. The van der Waals surface area contributed by atoms with Crippen LogP contribution in [0.1, 0.15) is 44.6 Å². The van der Waals surface area contributed by atoms with Gasteiger partial charge in [0.15, 0.2) is 0 Å². The lowest BCUT2D eigenvalue weighted by molar-refractivity contribution is -0.139. The molecule has 3 unspecified atom stereocenters. The quantitative estimate of drug-likeness (QED) is 0.850. The van der Waals surface area contributed by atoms with Crippen LogP contribution in [0, 0.1) is 11.3 Å². The van der Waals surface area contributed by atoms with Gasteiger partial charge in [-0.25, -0.2) is 0 Å². The molecule has 0 aromatic heterocycles. The number of amides is 1. The first-order valence-corrected chi connectivity index (χ1v) is 8.49. The molecule has 1 saturated heterocycles. The third-order valence-electron chi connectivity index (χ3n) is 5.75. The molecule has 1 saturated carbocycles. The van der Waals surface area contributed by atoms with Crippen molar-refractivity contribution in [2.24, 2.45) is 11.3 Å². The van der Waals surface area contributed by atoms with Crippen molar-refractivity contribution in [1.82, 2.24) is 4.90 Å². The zero-order valence-corrected chi connectivity index (χ0v) is 13.8. The van der Waals surface area contributed by atoms with Gasteiger partial charge in [-0.15, -0.1) is 0 Å². The van der Waals surface area contributed by atoms with Crippen LogP contribution in [0.4, 0.5) is 0 Å². The van der Waals surface area contributed by atoms with Gasteiger partial charge < -0.3 is 9.64 Å². The molecular formula is C19H27NO2. The molecule has 1 aromatic rings. The topological polar surface area (TPSA) is 29.5 Å². The maximum absolute atomic E-state index is 13.0. The van der Waals surface area contributed by atoms with Crippen molar-refractivity contribution < 1.29 is 9.53 Å². The maximum atomic E-state index is 13.0. The summed E-state index contributed by atoms with van der Waals surface area (Å²) in [4.78, 5) is 15.1. The number of methoxy groups -OCH3 is 1. The fourth-order valence-corrected chi connectivity index (χ4v) is 4.21. The Balaban J connectivity index is 1.69. The molecule has 0 N–H and O–H groups in total. The number of hydrogen-bond donors (Lipinski definition) is 0. The van der Waals surface area contributed by atoms with Gasteiger partial charge in [0.1, 0.15) is 0 Å². The monoisotopic (exact) mass is 301 g/mol. The summed E-state index contributed by atoms with van der Waals surface area (Å²) in [5, 5.41) is 0. The molecule has 22 heavy (non-hydrogen) atoms. The Morgan fingerprint density at radius 2 is 2.05 bits per heavy atom. The molecule has 2 fully saturated rings. The molecule has 2 aliphatic rings. The van der Waals surface area contributed by atoms with Crippen LogP contribution in [-0.2, 0) is 16.1 Å². The van der Waals surface area contributed by atoms with Crippen LogP contribution in [0.25, 0.3) is 0 Å². The first-order chi connectivity index (χ1) is 10.6. The standard InChI is InChI=1S/C19H27NO2/c1-19(16-9-6-10-17(13-16)22-2)11-12-20(18(19)21)14-15-7-4-3-5-8-15/h3-5,7-8,16-17H,6,9-14H2,1-2H3. The molecule has 1 aromatic carbocycles. The molecule has 3 heteroatoms. The average molecular weight is 301 g/mol. The van der Waals surface area contributed by atoms with E-state index in [0.29, 0.717) is 17.9 Å². The highest BCUT2D eigenvalue weighted by Crippen LogP contribution is 2.46. The van der Waals surface area contributed by atoms with Gasteiger partial charge in [0, 0.05) is 20.2 Å². The minimum absolute atomic E-state index is 0.189. The normalized spacial score (nSPS) is 32.5. The van der Waals surface area contributed by atoms with E-state index in [2.05, 4.69) is 19.1 Å². The highest BCUT2D eigenvalue weighted by atomic mass is 16.5. The summed E-state index contributed by atoms with van der Waals surface area (Å²) in [7, 11) is 1.80. The molecule has 0 bridgehead atoms. The Labute approximate surface area is 133 Å². The van der Waals surface area contributed by atoms with E-state index in [1.165, 1.54) is 18.4 Å². The lowest BCUT2D eigenvalue weighted by atomic mass is 9.68. The zero-order valence-electron chi connectivity index (χ0n) is 13.8. The van der Waals surface area contributed by atoms with Gasteiger partial charge in [-0.2, -0.15) is 0 Å². The lowest BCUT2D eigenvalue weighted by Crippen LogP contribution is -2.40. The number of carbonyl (C=O) groups is 1. The van der Waals surface area contributed by atoms with Crippen LogP contribution in [0.5, 0.6) is 0 Å².